The molecule has 9 heteroatoms. The normalized spacial score (nSPS) is 10.4. The van der Waals surface area contributed by atoms with Crippen molar-refractivity contribution in [2.45, 2.75) is 52.4 Å². The molecule has 6 rings (SSSR count). The number of pyridine rings is 4. The van der Waals surface area contributed by atoms with Crippen molar-refractivity contribution in [2.24, 2.45) is 0 Å². The van der Waals surface area contributed by atoms with E-state index >= 15 is 0 Å². The predicted molar refractivity (Wildman–Crippen MR) is 211 cm³/mol. The molecule has 1 radical (unpaired) electrons. The van der Waals surface area contributed by atoms with Crippen LogP contribution in [0.15, 0.2) is 171 Å². The molecule has 0 unspecified atom stereocenters. The standard InChI is InChI=1S/2C13H14N2.2C10H10O2.Mn/c2*1(2-12-4-8-14-9-5-12)3-13-6-10-15-11-7-13;2*1-8(11)7-10(12)9-5-3-2-4-6-9;/h2*4-11H,1-3H2;2*2-7,12H,1H3;/q;;;;+2/p-2/b;;2*10-7-;. The van der Waals surface area contributed by atoms with Crippen LogP contribution in [0.4, 0.5) is 0 Å². The summed E-state index contributed by atoms with van der Waals surface area (Å²) in [6.45, 7) is 2.72. The van der Waals surface area contributed by atoms with Crippen molar-refractivity contribution in [3.05, 3.63) is 204 Å². The van der Waals surface area contributed by atoms with Crippen molar-refractivity contribution in [3.8, 4) is 0 Å². The van der Waals surface area contributed by atoms with Gasteiger partial charge in [-0.3, -0.25) is 29.5 Å². The minimum atomic E-state index is -0.233. The van der Waals surface area contributed by atoms with Crippen LogP contribution in [0, 0.1) is 0 Å². The van der Waals surface area contributed by atoms with E-state index in [0.29, 0.717) is 11.1 Å². The number of benzene rings is 2. The maximum Gasteiger partial charge on any atom is 2.00 e. The first-order chi connectivity index (χ1) is 26.3. The largest absolute Gasteiger partial charge is 2.00 e. The van der Waals surface area contributed by atoms with Crippen molar-refractivity contribution in [3.63, 3.8) is 0 Å². The number of nitrogens with zero attached hydrogens (tertiary/aromatic N) is 4. The van der Waals surface area contributed by atoms with E-state index in [1.54, 1.807) is 48.5 Å². The van der Waals surface area contributed by atoms with E-state index in [0.717, 1.165) is 37.8 Å². The summed E-state index contributed by atoms with van der Waals surface area (Å²) >= 11 is 0. The van der Waals surface area contributed by atoms with Crippen LogP contribution < -0.4 is 10.2 Å². The molecule has 0 saturated carbocycles. The minimum Gasteiger partial charge on any atom is -0.872 e. The van der Waals surface area contributed by atoms with Crippen molar-refractivity contribution >= 4 is 23.1 Å². The average Bonchev–Trinajstić information content (AvgIpc) is 3.20. The van der Waals surface area contributed by atoms with E-state index in [-0.39, 0.29) is 40.2 Å². The summed E-state index contributed by atoms with van der Waals surface area (Å²) in [6.07, 6.45) is 23.8. The van der Waals surface area contributed by atoms with Gasteiger partial charge in [0.05, 0.1) is 0 Å². The fraction of sp³-hybridized carbons (Fsp3) is 0.174. The summed E-state index contributed by atoms with van der Waals surface area (Å²) < 4.78 is 0. The maximum absolute atomic E-state index is 11.2. The maximum atomic E-state index is 11.2. The summed E-state index contributed by atoms with van der Waals surface area (Å²) in [5.74, 6) is -0.904. The van der Waals surface area contributed by atoms with Gasteiger partial charge in [0.25, 0.3) is 0 Å². The van der Waals surface area contributed by atoms with Gasteiger partial charge < -0.3 is 10.2 Å². The Labute approximate surface area is 335 Å². The van der Waals surface area contributed by atoms with E-state index in [4.69, 9.17) is 0 Å². The monoisotopic (exact) mass is 773 g/mol. The molecule has 0 fully saturated rings. The molecule has 0 aliphatic rings. The first kappa shape index (κ1) is 45.1. The zero-order valence-electron chi connectivity index (χ0n) is 31.2. The Bertz CT molecular complexity index is 1740. The van der Waals surface area contributed by atoms with Crippen molar-refractivity contribution < 1.29 is 36.9 Å². The Morgan fingerprint density at radius 2 is 0.673 bits per heavy atom. The fourth-order valence-electron chi connectivity index (χ4n) is 4.93. The van der Waals surface area contributed by atoms with E-state index in [9.17, 15) is 19.8 Å². The molecule has 281 valence electrons. The summed E-state index contributed by atoms with van der Waals surface area (Å²) in [7, 11) is 0. The molecule has 0 saturated heterocycles. The summed E-state index contributed by atoms with van der Waals surface area (Å²) in [5.41, 5.74) is 6.54. The van der Waals surface area contributed by atoms with Gasteiger partial charge in [-0.2, -0.15) is 0 Å². The number of carbonyl (C=O) groups is 2. The van der Waals surface area contributed by atoms with Crippen LogP contribution >= 0.6 is 0 Å². The zero-order chi connectivity index (χ0) is 38.6. The van der Waals surface area contributed by atoms with Gasteiger partial charge in [0, 0.05) is 49.6 Å². The van der Waals surface area contributed by atoms with E-state index in [1.165, 1.54) is 48.9 Å². The Morgan fingerprint density at radius 3 is 0.891 bits per heavy atom. The molecule has 55 heavy (non-hydrogen) atoms. The van der Waals surface area contributed by atoms with Crippen LogP contribution in [0.3, 0.4) is 0 Å². The second kappa shape index (κ2) is 27.6. The third-order valence-electron chi connectivity index (χ3n) is 7.64. The number of aryl methyl sites for hydroxylation is 4. The second-order valence-electron chi connectivity index (χ2n) is 12.1. The van der Waals surface area contributed by atoms with Crippen LogP contribution in [0.5, 0.6) is 0 Å². The second-order valence-corrected chi connectivity index (χ2v) is 12.1. The molecular weight excluding hydrogens is 727 g/mol. The van der Waals surface area contributed by atoms with Gasteiger partial charge in [-0.25, -0.2) is 0 Å². The van der Waals surface area contributed by atoms with E-state index in [2.05, 4.69) is 68.5 Å². The Morgan fingerprint density at radius 1 is 0.436 bits per heavy atom. The molecule has 0 spiro atoms. The SMILES string of the molecule is CC(=O)/C=C(\[O-])c1ccccc1.CC(=O)/C=C(\[O-])c1ccccc1.[Mn+2].c1cc(CCCc2ccncc2)ccn1.c1cc(CCCc2ccncc2)ccn1. The molecule has 0 aliphatic heterocycles. The molecule has 8 nitrogen and oxygen atoms in total. The zero-order valence-corrected chi connectivity index (χ0v) is 32.4. The quantitative estimate of drug-likeness (QED) is 0.0722. The average molecular weight is 774 g/mol. The van der Waals surface area contributed by atoms with Crippen LogP contribution in [-0.4, -0.2) is 31.5 Å². The number of hydrogen-bond donors (Lipinski definition) is 0. The van der Waals surface area contributed by atoms with Crippen molar-refractivity contribution in [2.75, 3.05) is 0 Å². The van der Waals surface area contributed by atoms with E-state index in [1.807, 2.05) is 61.7 Å². The predicted octanol–water partition coefficient (Wildman–Crippen LogP) is 7.25. The Balaban J connectivity index is 0.000000254. The van der Waals surface area contributed by atoms with Crippen LogP contribution in [0.25, 0.3) is 11.5 Å². The molecule has 0 aliphatic carbocycles. The third-order valence-corrected chi connectivity index (χ3v) is 7.64. The van der Waals surface area contributed by atoms with Crippen molar-refractivity contribution in [1.82, 2.24) is 19.9 Å². The van der Waals surface area contributed by atoms with Gasteiger partial charge in [-0.1, -0.05) is 72.2 Å². The molecule has 0 amide bonds. The molecule has 0 atom stereocenters. The van der Waals surface area contributed by atoms with Gasteiger partial charge in [0.2, 0.25) is 0 Å². The smallest absolute Gasteiger partial charge is 0.872 e. The van der Waals surface area contributed by atoms with Gasteiger partial charge in [-0.05, 0) is 146 Å². The number of aromatic nitrogens is 4. The number of ketones is 2. The number of allylic oxidation sites excluding steroid dienone is 2. The molecule has 0 bridgehead atoms. The van der Waals surface area contributed by atoms with Crippen molar-refractivity contribution in [1.29, 1.82) is 0 Å². The Hall–Kier alpha value is -6.02. The molecule has 2 aromatic carbocycles. The number of hydrogen-bond acceptors (Lipinski definition) is 8. The van der Waals surface area contributed by atoms with Gasteiger partial charge >= 0.3 is 17.1 Å². The Kier molecular flexibility index (Phi) is 22.6. The van der Waals surface area contributed by atoms with Crippen LogP contribution in [-0.2, 0) is 52.3 Å². The molecule has 4 aromatic heterocycles. The minimum absolute atomic E-state index is 0. The summed E-state index contributed by atoms with van der Waals surface area (Å²) in [6, 6.07) is 34.0. The summed E-state index contributed by atoms with van der Waals surface area (Å²) in [4.78, 5) is 37.1. The van der Waals surface area contributed by atoms with Gasteiger partial charge in [0.1, 0.15) is 0 Å². The first-order valence-corrected chi connectivity index (χ1v) is 17.7. The van der Waals surface area contributed by atoms with E-state index < -0.39 is 0 Å². The molecular formula is C46H46MnN4O4. The number of rotatable bonds is 12. The summed E-state index contributed by atoms with van der Waals surface area (Å²) in [5, 5.41) is 22.4. The fourth-order valence-corrected chi connectivity index (χ4v) is 4.93. The van der Waals surface area contributed by atoms with Crippen LogP contribution in [0.2, 0.25) is 0 Å². The molecule has 0 N–H and O–H groups in total. The third kappa shape index (κ3) is 20.7. The number of carbonyl (C=O) groups excluding carboxylic acids is 2. The molecule has 4 heterocycles. The molecule has 6 aromatic rings. The topological polar surface area (TPSA) is 132 Å². The van der Waals surface area contributed by atoms with Crippen LogP contribution in [0.1, 0.15) is 60.1 Å². The first-order valence-electron chi connectivity index (χ1n) is 17.7. The van der Waals surface area contributed by atoms with Gasteiger partial charge in [0.15, 0.2) is 11.6 Å². The van der Waals surface area contributed by atoms with Gasteiger partial charge in [-0.15, -0.1) is 0 Å².